The van der Waals surface area contributed by atoms with Gasteiger partial charge in [0.15, 0.2) is 5.82 Å². The van der Waals surface area contributed by atoms with Gasteiger partial charge in [-0.25, -0.2) is 0 Å². The van der Waals surface area contributed by atoms with Crippen molar-refractivity contribution in [2.45, 2.75) is 44.7 Å². The van der Waals surface area contributed by atoms with E-state index in [9.17, 15) is 0 Å². The average Bonchev–Trinajstić information content (AvgIpc) is 2.95. The van der Waals surface area contributed by atoms with E-state index in [2.05, 4.69) is 20.8 Å². The van der Waals surface area contributed by atoms with Crippen LogP contribution in [0.25, 0.3) is 5.69 Å². The monoisotopic (exact) mass is 272 g/mol. The second-order valence-electron chi connectivity index (χ2n) is 5.31. The third-order valence-electron chi connectivity index (χ3n) is 3.83. The molecule has 0 radical (unpaired) electrons. The molecule has 1 aliphatic carbocycles. The number of anilines is 1. The molecular weight excluding hydrogens is 252 g/mol. The van der Waals surface area contributed by atoms with Gasteiger partial charge in [0.1, 0.15) is 0 Å². The average molecular weight is 272 g/mol. The first-order chi connectivity index (χ1) is 9.83. The van der Waals surface area contributed by atoms with E-state index in [0.717, 1.165) is 17.2 Å². The molecule has 1 aliphatic rings. The lowest BCUT2D eigenvalue weighted by Gasteiger charge is -2.22. The lowest BCUT2D eigenvalue weighted by molar-refractivity contribution is 0.368. The fraction of sp³-hybridized carbons (Fsp3) is 0.500. The molecular formula is C14H20N6. The summed E-state index contributed by atoms with van der Waals surface area (Å²) in [4.78, 5) is 0. The molecule has 0 unspecified atom stereocenters. The first-order valence-corrected chi connectivity index (χ1v) is 7.19. The number of tetrazole rings is 1. The van der Waals surface area contributed by atoms with E-state index in [0.29, 0.717) is 12.6 Å². The molecule has 20 heavy (non-hydrogen) atoms. The Morgan fingerprint density at radius 2 is 1.90 bits per heavy atom. The van der Waals surface area contributed by atoms with Crippen LogP contribution in [0.2, 0.25) is 0 Å². The van der Waals surface area contributed by atoms with Gasteiger partial charge in [0.05, 0.1) is 12.2 Å². The van der Waals surface area contributed by atoms with Crippen molar-refractivity contribution in [2.24, 2.45) is 0 Å². The number of nitrogens with two attached hydrogens (primary N) is 1. The van der Waals surface area contributed by atoms with E-state index < -0.39 is 0 Å². The van der Waals surface area contributed by atoms with Gasteiger partial charge < -0.3 is 11.1 Å². The number of aromatic nitrogens is 4. The first kappa shape index (κ1) is 13.1. The van der Waals surface area contributed by atoms with Gasteiger partial charge >= 0.3 is 0 Å². The van der Waals surface area contributed by atoms with Crippen LogP contribution in [0, 0.1) is 0 Å². The minimum absolute atomic E-state index is 0.598. The molecule has 1 saturated carbocycles. The quantitative estimate of drug-likeness (QED) is 0.827. The topological polar surface area (TPSA) is 81.7 Å². The van der Waals surface area contributed by atoms with Crippen LogP contribution < -0.4 is 11.1 Å². The van der Waals surface area contributed by atoms with Crippen LogP contribution >= 0.6 is 0 Å². The Hall–Kier alpha value is -1.95. The summed E-state index contributed by atoms with van der Waals surface area (Å²) in [6.45, 7) is 0.696. The van der Waals surface area contributed by atoms with Gasteiger partial charge in [0, 0.05) is 11.7 Å². The van der Waals surface area contributed by atoms with Gasteiger partial charge in [-0.2, -0.15) is 4.68 Å². The Morgan fingerprint density at radius 3 is 2.65 bits per heavy atom. The Morgan fingerprint density at radius 1 is 1.15 bits per heavy atom. The summed E-state index contributed by atoms with van der Waals surface area (Å²) in [5.41, 5.74) is 7.38. The molecule has 1 fully saturated rings. The van der Waals surface area contributed by atoms with E-state index in [1.54, 1.807) is 4.68 Å². The third kappa shape index (κ3) is 2.96. The van der Waals surface area contributed by atoms with Crippen molar-refractivity contribution < 1.29 is 0 Å². The van der Waals surface area contributed by atoms with Crippen LogP contribution in [-0.4, -0.2) is 26.2 Å². The third-order valence-corrected chi connectivity index (χ3v) is 3.83. The number of benzene rings is 1. The summed E-state index contributed by atoms with van der Waals surface area (Å²) in [5, 5.41) is 15.5. The highest BCUT2D eigenvalue weighted by molar-refractivity contribution is 5.44. The van der Waals surface area contributed by atoms with Gasteiger partial charge in [0.2, 0.25) is 0 Å². The molecule has 0 atom stereocenters. The van der Waals surface area contributed by atoms with Crippen LogP contribution in [0.5, 0.6) is 0 Å². The molecule has 0 spiro atoms. The summed E-state index contributed by atoms with van der Waals surface area (Å²) < 4.78 is 1.76. The lowest BCUT2D eigenvalue weighted by Crippen LogP contribution is -2.31. The number of nitrogens with zero attached hydrogens (tertiary/aromatic N) is 4. The van der Waals surface area contributed by atoms with E-state index in [1.165, 1.54) is 32.1 Å². The standard InChI is InChI=1S/C14H20N6/c15-11-6-8-13(9-7-11)20-14(17-18-19-20)10-16-12-4-2-1-3-5-12/h6-9,12,16H,1-5,10,15H2. The molecule has 0 aliphatic heterocycles. The second kappa shape index (κ2) is 6.00. The van der Waals surface area contributed by atoms with Crippen LogP contribution in [0.15, 0.2) is 24.3 Å². The Kier molecular flexibility index (Phi) is 3.92. The van der Waals surface area contributed by atoms with Crippen LogP contribution in [0.1, 0.15) is 37.9 Å². The Balaban J connectivity index is 1.68. The zero-order valence-electron chi connectivity index (χ0n) is 11.5. The number of nitrogens with one attached hydrogen (secondary N) is 1. The lowest BCUT2D eigenvalue weighted by atomic mass is 9.95. The maximum absolute atomic E-state index is 5.70. The first-order valence-electron chi connectivity index (χ1n) is 7.19. The fourth-order valence-electron chi connectivity index (χ4n) is 2.67. The van der Waals surface area contributed by atoms with Crippen molar-refractivity contribution in [1.29, 1.82) is 0 Å². The highest BCUT2D eigenvalue weighted by Crippen LogP contribution is 2.18. The predicted molar refractivity (Wildman–Crippen MR) is 77.3 cm³/mol. The summed E-state index contributed by atoms with van der Waals surface area (Å²) in [5.74, 6) is 0.834. The number of rotatable bonds is 4. The number of hydrogen-bond acceptors (Lipinski definition) is 5. The van der Waals surface area contributed by atoms with Crippen molar-refractivity contribution in [3.63, 3.8) is 0 Å². The Bertz CT molecular complexity index is 541. The van der Waals surface area contributed by atoms with Crippen molar-refractivity contribution in [2.75, 3.05) is 5.73 Å². The molecule has 0 amide bonds. The molecule has 3 N–H and O–H groups in total. The molecule has 1 heterocycles. The minimum atomic E-state index is 0.598. The molecule has 106 valence electrons. The molecule has 6 nitrogen and oxygen atoms in total. The van der Waals surface area contributed by atoms with Gasteiger partial charge in [-0.1, -0.05) is 19.3 Å². The van der Waals surface area contributed by atoms with E-state index in [1.807, 2.05) is 24.3 Å². The van der Waals surface area contributed by atoms with Crippen molar-refractivity contribution in [3.05, 3.63) is 30.1 Å². The summed E-state index contributed by atoms with van der Waals surface area (Å²) in [6, 6.07) is 8.16. The minimum Gasteiger partial charge on any atom is -0.399 e. The Labute approximate surface area is 118 Å². The second-order valence-corrected chi connectivity index (χ2v) is 5.31. The summed E-state index contributed by atoms with van der Waals surface area (Å²) >= 11 is 0. The normalized spacial score (nSPS) is 16.4. The van der Waals surface area contributed by atoms with Crippen molar-refractivity contribution in [3.8, 4) is 5.69 Å². The van der Waals surface area contributed by atoms with Crippen LogP contribution in [0.4, 0.5) is 5.69 Å². The van der Waals surface area contributed by atoms with Gasteiger partial charge in [-0.3, -0.25) is 0 Å². The van der Waals surface area contributed by atoms with Crippen molar-refractivity contribution >= 4 is 5.69 Å². The fourth-order valence-corrected chi connectivity index (χ4v) is 2.67. The molecule has 0 bridgehead atoms. The van der Waals surface area contributed by atoms with E-state index in [4.69, 9.17) is 5.73 Å². The molecule has 6 heteroatoms. The highest BCUT2D eigenvalue weighted by Gasteiger charge is 2.14. The number of hydrogen-bond donors (Lipinski definition) is 2. The highest BCUT2D eigenvalue weighted by atomic mass is 15.5. The summed E-state index contributed by atoms with van der Waals surface area (Å²) in [6.07, 6.45) is 6.51. The predicted octanol–water partition coefficient (Wildman–Crippen LogP) is 1.67. The molecule has 1 aromatic heterocycles. The van der Waals surface area contributed by atoms with Crippen LogP contribution in [0.3, 0.4) is 0 Å². The largest absolute Gasteiger partial charge is 0.399 e. The zero-order valence-corrected chi connectivity index (χ0v) is 11.5. The molecule has 1 aromatic carbocycles. The van der Waals surface area contributed by atoms with Gasteiger partial charge in [-0.05, 0) is 47.5 Å². The van der Waals surface area contributed by atoms with Gasteiger partial charge in [0.25, 0.3) is 0 Å². The van der Waals surface area contributed by atoms with E-state index in [-0.39, 0.29) is 0 Å². The van der Waals surface area contributed by atoms with Crippen molar-refractivity contribution in [1.82, 2.24) is 25.5 Å². The van der Waals surface area contributed by atoms with E-state index >= 15 is 0 Å². The molecule has 2 aromatic rings. The maximum Gasteiger partial charge on any atom is 0.170 e. The molecule has 3 rings (SSSR count). The zero-order chi connectivity index (χ0) is 13.8. The molecule has 0 saturated heterocycles. The smallest absolute Gasteiger partial charge is 0.170 e. The number of nitrogen functional groups attached to an aromatic ring is 1. The maximum atomic E-state index is 5.70. The van der Waals surface area contributed by atoms with Crippen LogP contribution in [-0.2, 0) is 6.54 Å². The summed E-state index contributed by atoms with van der Waals surface area (Å²) in [7, 11) is 0. The SMILES string of the molecule is Nc1ccc(-n2nnnc2CNC2CCCCC2)cc1. The van der Waals surface area contributed by atoms with Gasteiger partial charge in [-0.15, -0.1) is 5.10 Å².